The standard InChI is InChI=1S/C10H17F2NO2/c1-10(2,3)15-9(14)13-7(8(11)12)6-4-5-6/h6-8H,4-5H2,1-3H3,(H,13,14). The van der Waals surface area contributed by atoms with Crippen LogP contribution in [0.25, 0.3) is 0 Å². The second kappa shape index (κ2) is 4.33. The van der Waals surface area contributed by atoms with E-state index in [1.165, 1.54) is 0 Å². The van der Waals surface area contributed by atoms with Gasteiger partial charge in [-0.25, -0.2) is 13.6 Å². The van der Waals surface area contributed by atoms with Crippen molar-refractivity contribution in [3.8, 4) is 0 Å². The second-order valence-electron chi connectivity index (χ2n) is 4.84. The Hall–Kier alpha value is -0.870. The largest absolute Gasteiger partial charge is 0.444 e. The van der Waals surface area contributed by atoms with E-state index in [0.29, 0.717) is 0 Å². The molecule has 0 aromatic heterocycles. The Bertz CT molecular complexity index is 232. The van der Waals surface area contributed by atoms with E-state index in [4.69, 9.17) is 4.74 Å². The Labute approximate surface area is 88.2 Å². The van der Waals surface area contributed by atoms with E-state index in [9.17, 15) is 13.6 Å². The van der Waals surface area contributed by atoms with Gasteiger partial charge in [0.25, 0.3) is 6.43 Å². The fraction of sp³-hybridized carbons (Fsp3) is 0.900. The predicted octanol–water partition coefficient (Wildman–Crippen LogP) is 2.55. The van der Waals surface area contributed by atoms with Gasteiger partial charge in [0.2, 0.25) is 0 Å². The topological polar surface area (TPSA) is 38.3 Å². The highest BCUT2D eigenvalue weighted by molar-refractivity contribution is 5.68. The summed E-state index contributed by atoms with van der Waals surface area (Å²) in [5, 5.41) is 2.22. The first-order valence-electron chi connectivity index (χ1n) is 5.07. The van der Waals surface area contributed by atoms with Crippen LogP contribution in [0.1, 0.15) is 33.6 Å². The molecule has 5 heteroatoms. The third kappa shape index (κ3) is 4.44. The van der Waals surface area contributed by atoms with Crippen molar-refractivity contribution in [1.29, 1.82) is 0 Å². The Morgan fingerprint density at radius 2 is 1.93 bits per heavy atom. The summed E-state index contributed by atoms with van der Waals surface area (Å²) in [6.07, 6.45) is -1.78. The maximum Gasteiger partial charge on any atom is 0.408 e. The molecule has 1 aliphatic carbocycles. The SMILES string of the molecule is CC(C)(C)OC(=O)NC(C(F)F)C1CC1. The molecule has 88 valence electrons. The molecule has 0 aromatic carbocycles. The van der Waals surface area contributed by atoms with E-state index >= 15 is 0 Å². The van der Waals surface area contributed by atoms with Gasteiger partial charge in [0.1, 0.15) is 5.60 Å². The fourth-order valence-electron chi connectivity index (χ4n) is 1.29. The van der Waals surface area contributed by atoms with E-state index in [0.717, 1.165) is 12.8 Å². The van der Waals surface area contributed by atoms with Gasteiger partial charge in [0, 0.05) is 0 Å². The number of alkyl carbamates (subject to hydrolysis) is 1. The van der Waals surface area contributed by atoms with E-state index < -0.39 is 24.2 Å². The maximum atomic E-state index is 12.5. The van der Waals surface area contributed by atoms with Gasteiger partial charge in [-0.15, -0.1) is 0 Å². The summed E-state index contributed by atoms with van der Waals surface area (Å²) in [5.74, 6) is -0.0856. The van der Waals surface area contributed by atoms with Crippen molar-refractivity contribution in [1.82, 2.24) is 5.32 Å². The van der Waals surface area contributed by atoms with Crippen molar-refractivity contribution >= 4 is 6.09 Å². The van der Waals surface area contributed by atoms with Crippen LogP contribution in [0.5, 0.6) is 0 Å². The minimum Gasteiger partial charge on any atom is -0.444 e. The molecular formula is C10H17F2NO2. The average Bonchev–Trinajstić information content (AvgIpc) is 2.78. The molecule has 0 spiro atoms. The highest BCUT2D eigenvalue weighted by Gasteiger charge is 2.38. The number of halogens is 2. The van der Waals surface area contributed by atoms with Gasteiger partial charge in [-0.3, -0.25) is 0 Å². The summed E-state index contributed by atoms with van der Waals surface area (Å²) in [5.41, 5.74) is -0.652. The highest BCUT2D eigenvalue weighted by atomic mass is 19.3. The molecule has 1 fully saturated rings. The highest BCUT2D eigenvalue weighted by Crippen LogP contribution is 2.35. The van der Waals surface area contributed by atoms with Gasteiger partial charge in [0.05, 0.1) is 6.04 Å². The van der Waals surface area contributed by atoms with Crippen molar-refractivity contribution in [2.75, 3.05) is 0 Å². The monoisotopic (exact) mass is 221 g/mol. The van der Waals surface area contributed by atoms with Gasteiger partial charge in [-0.05, 0) is 39.5 Å². The molecule has 1 amide bonds. The number of amides is 1. The maximum absolute atomic E-state index is 12.5. The lowest BCUT2D eigenvalue weighted by Crippen LogP contribution is -2.44. The Balaban J connectivity index is 2.41. The van der Waals surface area contributed by atoms with Gasteiger partial charge < -0.3 is 10.1 Å². The molecule has 0 aliphatic heterocycles. The molecule has 1 N–H and O–H groups in total. The van der Waals surface area contributed by atoms with E-state index in [2.05, 4.69) is 5.32 Å². The van der Waals surface area contributed by atoms with E-state index in [1.807, 2.05) is 0 Å². The average molecular weight is 221 g/mol. The number of carbonyl (C=O) groups excluding carboxylic acids is 1. The first-order chi connectivity index (χ1) is 6.79. The molecule has 1 saturated carbocycles. The molecule has 0 radical (unpaired) electrons. The van der Waals surface area contributed by atoms with Crippen LogP contribution in [-0.4, -0.2) is 24.2 Å². The normalized spacial score (nSPS) is 18.8. The number of ether oxygens (including phenoxy) is 1. The number of rotatable bonds is 3. The van der Waals surface area contributed by atoms with Crippen molar-refractivity contribution < 1.29 is 18.3 Å². The van der Waals surface area contributed by atoms with Crippen LogP contribution in [0.4, 0.5) is 13.6 Å². The van der Waals surface area contributed by atoms with Crippen LogP contribution in [0, 0.1) is 5.92 Å². The van der Waals surface area contributed by atoms with Crippen molar-refractivity contribution in [3.05, 3.63) is 0 Å². The molecule has 0 saturated heterocycles. The van der Waals surface area contributed by atoms with Crippen LogP contribution < -0.4 is 5.32 Å². The number of alkyl halides is 2. The summed E-state index contributed by atoms with van der Waals surface area (Å²) < 4.78 is 29.9. The lowest BCUT2D eigenvalue weighted by molar-refractivity contribution is 0.0346. The van der Waals surface area contributed by atoms with Crippen LogP contribution in [0.2, 0.25) is 0 Å². The minimum absolute atomic E-state index is 0.0856. The lowest BCUT2D eigenvalue weighted by atomic mass is 10.2. The van der Waals surface area contributed by atoms with Gasteiger partial charge in [-0.2, -0.15) is 0 Å². The summed E-state index contributed by atoms with van der Waals surface area (Å²) in [6.45, 7) is 5.09. The summed E-state index contributed by atoms with van der Waals surface area (Å²) >= 11 is 0. The van der Waals surface area contributed by atoms with Crippen molar-refractivity contribution in [3.63, 3.8) is 0 Å². The second-order valence-corrected chi connectivity index (χ2v) is 4.84. The number of hydrogen-bond donors (Lipinski definition) is 1. The third-order valence-corrected chi connectivity index (χ3v) is 2.08. The Morgan fingerprint density at radius 1 is 1.40 bits per heavy atom. The molecule has 0 aromatic rings. The van der Waals surface area contributed by atoms with E-state index in [-0.39, 0.29) is 5.92 Å². The predicted molar refractivity (Wildman–Crippen MR) is 51.9 cm³/mol. The summed E-state index contributed by atoms with van der Waals surface area (Å²) in [6, 6.07) is -1.06. The lowest BCUT2D eigenvalue weighted by Gasteiger charge is -2.23. The first-order valence-corrected chi connectivity index (χ1v) is 5.07. The zero-order chi connectivity index (χ0) is 11.6. The molecule has 15 heavy (non-hydrogen) atoms. The van der Waals surface area contributed by atoms with Gasteiger partial charge in [0.15, 0.2) is 0 Å². The molecular weight excluding hydrogens is 204 g/mol. The van der Waals surface area contributed by atoms with Crippen LogP contribution in [-0.2, 0) is 4.74 Å². The first kappa shape index (κ1) is 12.2. The van der Waals surface area contributed by atoms with Crippen molar-refractivity contribution in [2.45, 2.75) is 51.7 Å². The molecule has 3 nitrogen and oxygen atoms in total. The molecule has 0 bridgehead atoms. The van der Waals surface area contributed by atoms with Crippen LogP contribution >= 0.6 is 0 Å². The molecule has 1 atom stereocenters. The van der Waals surface area contributed by atoms with Gasteiger partial charge in [-0.1, -0.05) is 0 Å². The number of carbonyl (C=O) groups is 1. The Morgan fingerprint density at radius 3 is 2.27 bits per heavy atom. The third-order valence-electron chi connectivity index (χ3n) is 2.08. The molecule has 1 unspecified atom stereocenters. The number of hydrogen-bond acceptors (Lipinski definition) is 2. The minimum atomic E-state index is -2.52. The zero-order valence-corrected chi connectivity index (χ0v) is 9.22. The van der Waals surface area contributed by atoms with Crippen LogP contribution in [0.3, 0.4) is 0 Å². The summed E-state index contributed by atoms with van der Waals surface area (Å²) in [7, 11) is 0. The quantitative estimate of drug-likeness (QED) is 0.795. The summed E-state index contributed by atoms with van der Waals surface area (Å²) in [4.78, 5) is 11.2. The molecule has 1 rings (SSSR count). The fourth-order valence-corrected chi connectivity index (χ4v) is 1.29. The smallest absolute Gasteiger partial charge is 0.408 e. The van der Waals surface area contributed by atoms with E-state index in [1.54, 1.807) is 20.8 Å². The Kier molecular flexibility index (Phi) is 3.52. The zero-order valence-electron chi connectivity index (χ0n) is 9.22. The number of nitrogens with one attached hydrogen (secondary N) is 1. The molecule has 0 heterocycles. The molecule has 1 aliphatic rings. The van der Waals surface area contributed by atoms with Gasteiger partial charge >= 0.3 is 6.09 Å². The van der Waals surface area contributed by atoms with Crippen LogP contribution in [0.15, 0.2) is 0 Å². The van der Waals surface area contributed by atoms with Crippen molar-refractivity contribution in [2.24, 2.45) is 5.92 Å².